The summed E-state index contributed by atoms with van der Waals surface area (Å²) >= 11 is 0. The van der Waals surface area contributed by atoms with Crippen LogP contribution in [0.2, 0.25) is 0 Å². The second kappa shape index (κ2) is 8.48. The van der Waals surface area contributed by atoms with E-state index in [0.29, 0.717) is 32.0 Å². The van der Waals surface area contributed by atoms with Gasteiger partial charge in [-0.2, -0.15) is 0 Å². The van der Waals surface area contributed by atoms with Crippen LogP contribution in [0, 0.1) is 5.92 Å². The van der Waals surface area contributed by atoms with E-state index in [1.807, 2.05) is 19.1 Å². The lowest BCUT2D eigenvalue weighted by Crippen LogP contribution is -2.54. The van der Waals surface area contributed by atoms with Crippen LogP contribution in [0.25, 0.3) is 0 Å². The summed E-state index contributed by atoms with van der Waals surface area (Å²) in [6.07, 6.45) is 2.01. The van der Waals surface area contributed by atoms with Crippen molar-refractivity contribution in [3.05, 3.63) is 35.4 Å². The summed E-state index contributed by atoms with van der Waals surface area (Å²) in [6.45, 7) is 7.18. The fourth-order valence-electron chi connectivity index (χ4n) is 3.33. The Balaban J connectivity index is 2.06. The van der Waals surface area contributed by atoms with Crippen molar-refractivity contribution in [2.75, 3.05) is 13.2 Å². The Labute approximate surface area is 149 Å². The van der Waals surface area contributed by atoms with E-state index in [2.05, 4.69) is 31.3 Å². The first-order chi connectivity index (χ1) is 11.8. The van der Waals surface area contributed by atoms with Crippen LogP contribution in [-0.2, 0) is 20.7 Å². The first-order valence-electron chi connectivity index (χ1n) is 9.02. The lowest BCUT2D eigenvalue weighted by Gasteiger charge is -2.37. The molecule has 0 aliphatic carbocycles. The number of ether oxygens (including phenoxy) is 1. The number of hydrogen-bond donors (Lipinski definition) is 2. The van der Waals surface area contributed by atoms with Crippen molar-refractivity contribution in [1.29, 1.82) is 0 Å². The minimum absolute atomic E-state index is 0.0673. The topological polar surface area (TPSA) is 75.6 Å². The largest absolute Gasteiger partial charge is 0.481 e. The van der Waals surface area contributed by atoms with Crippen LogP contribution in [0.3, 0.4) is 0 Å². The molecule has 1 fully saturated rings. The van der Waals surface area contributed by atoms with Gasteiger partial charge in [0.2, 0.25) is 5.91 Å². The van der Waals surface area contributed by atoms with E-state index in [0.717, 1.165) is 12.0 Å². The van der Waals surface area contributed by atoms with Crippen LogP contribution in [0.15, 0.2) is 24.3 Å². The van der Waals surface area contributed by atoms with Crippen molar-refractivity contribution in [3.63, 3.8) is 0 Å². The van der Waals surface area contributed by atoms with Crippen molar-refractivity contribution in [2.24, 2.45) is 5.92 Å². The van der Waals surface area contributed by atoms with Gasteiger partial charge in [-0.05, 0) is 43.2 Å². The summed E-state index contributed by atoms with van der Waals surface area (Å²) in [6, 6.07) is 8.13. The molecule has 1 aromatic carbocycles. The Hall–Kier alpha value is -1.88. The standard InChI is InChI=1S/C20H29NO4/c1-14(2)12-16-4-6-17(7-5-16)15(3)19(24)21-20(13-18(22)23)8-10-25-11-9-20/h4-7,14-15H,8-13H2,1-3H3,(H,21,24)(H,22,23)/t15-/m0/s1. The van der Waals surface area contributed by atoms with Crippen LogP contribution in [0.5, 0.6) is 0 Å². The molecular weight excluding hydrogens is 318 g/mol. The maximum Gasteiger partial charge on any atom is 0.305 e. The monoisotopic (exact) mass is 347 g/mol. The first kappa shape index (κ1) is 19.4. The summed E-state index contributed by atoms with van der Waals surface area (Å²) in [5.74, 6) is -0.745. The van der Waals surface area contributed by atoms with Crippen molar-refractivity contribution < 1.29 is 19.4 Å². The Morgan fingerprint density at radius 2 is 1.76 bits per heavy atom. The number of carbonyl (C=O) groups is 2. The predicted molar refractivity (Wildman–Crippen MR) is 96.6 cm³/mol. The molecule has 1 atom stereocenters. The zero-order chi connectivity index (χ0) is 18.4. The number of carbonyl (C=O) groups excluding carboxylic acids is 1. The zero-order valence-corrected chi connectivity index (χ0v) is 15.4. The molecule has 2 rings (SSSR count). The molecule has 1 aliphatic heterocycles. The van der Waals surface area contributed by atoms with Gasteiger partial charge in [-0.1, -0.05) is 38.1 Å². The molecule has 0 spiro atoms. The second-order valence-electron chi connectivity index (χ2n) is 7.51. The number of amides is 1. The molecule has 0 bridgehead atoms. The molecular formula is C20H29NO4. The summed E-state index contributed by atoms with van der Waals surface area (Å²) in [7, 11) is 0. The number of nitrogens with one attached hydrogen (secondary N) is 1. The highest BCUT2D eigenvalue weighted by molar-refractivity contribution is 5.84. The second-order valence-corrected chi connectivity index (χ2v) is 7.51. The van der Waals surface area contributed by atoms with Gasteiger partial charge in [0.05, 0.1) is 17.9 Å². The molecule has 5 heteroatoms. The lowest BCUT2D eigenvalue weighted by molar-refractivity contribution is -0.140. The Morgan fingerprint density at radius 1 is 1.16 bits per heavy atom. The van der Waals surface area contributed by atoms with Crippen LogP contribution >= 0.6 is 0 Å². The normalized spacial score (nSPS) is 17.9. The fraction of sp³-hybridized carbons (Fsp3) is 0.600. The highest BCUT2D eigenvalue weighted by Crippen LogP contribution is 2.27. The molecule has 1 aliphatic rings. The summed E-state index contributed by atoms with van der Waals surface area (Å²) < 4.78 is 5.33. The number of benzene rings is 1. The molecule has 0 aromatic heterocycles. The average Bonchev–Trinajstić information content (AvgIpc) is 2.54. The number of rotatable bonds is 7. The Kier molecular flexibility index (Phi) is 6.59. The Morgan fingerprint density at radius 3 is 2.28 bits per heavy atom. The lowest BCUT2D eigenvalue weighted by atomic mass is 9.85. The van der Waals surface area contributed by atoms with Gasteiger partial charge in [-0.25, -0.2) is 0 Å². The summed E-state index contributed by atoms with van der Waals surface area (Å²) in [5.41, 5.74) is 1.51. The van der Waals surface area contributed by atoms with E-state index in [1.165, 1.54) is 5.56 Å². The van der Waals surface area contributed by atoms with Crippen molar-refractivity contribution in [2.45, 2.75) is 57.9 Å². The SMILES string of the molecule is CC(C)Cc1ccc([C@H](C)C(=O)NC2(CC(=O)O)CCOCC2)cc1. The van der Waals surface area contributed by atoms with Crippen LogP contribution in [-0.4, -0.2) is 35.7 Å². The van der Waals surface area contributed by atoms with E-state index in [1.54, 1.807) is 0 Å². The minimum atomic E-state index is -0.895. The smallest absolute Gasteiger partial charge is 0.305 e. The molecule has 138 valence electrons. The fourth-order valence-corrected chi connectivity index (χ4v) is 3.33. The van der Waals surface area contributed by atoms with Crippen LogP contribution in [0.4, 0.5) is 0 Å². The maximum absolute atomic E-state index is 12.7. The third-order valence-electron chi connectivity index (χ3n) is 4.84. The molecule has 2 N–H and O–H groups in total. The average molecular weight is 347 g/mol. The van der Waals surface area contributed by atoms with Crippen molar-refractivity contribution in [3.8, 4) is 0 Å². The van der Waals surface area contributed by atoms with Gasteiger partial charge in [0.1, 0.15) is 0 Å². The molecule has 1 aromatic rings. The van der Waals surface area contributed by atoms with Crippen LogP contribution < -0.4 is 5.32 Å². The quantitative estimate of drug-likeness (QED) is 0.794. The third-order valence-corrected chi connectivity index (χ3v) is 4.84. The van der Waals surface area contributed by atoms with E-state index in [9.17, 15) is 14.7 Å². The Bertz CT molecular complexity index is 588. The third kappa shape index (κ3) is 5.56. The van der Waals surface area contributed by atoms with E-state index >= 15 is 0 Å². The number of aliphatic carboxylic acids is 1. The highest BCUT2D eigenvalue weighted by Gasteiger charge is 2.37. The van der Waals surface area contributed by atoms with E-state index in [-0.39, 0.29) is 18.2 Å². The van der Waals surface area contributed by atoms with Crippen molar-refractivity contribution >= 4 is 11.9 Å². The van der Waals surface area contributed by atoms with Gasteiger partial charge >= 0.3 is 5.97 Å². The van der Waals surface area contributed by atoms with Gasteiger partial charge in [-0.3, -0.25) is 9.59 Å². The minimum Gasteiger partial charge on any atom is -0.481 e. The number of carboxylic acids is 1. The van der Waals surface area contributed by atoms with Gasteiger partial charge in [0.25, 0.3) is 0 Å². The molecule has 25 heavy (non-hydrogen) atoms. The highest BCUT2D eigenvalue weighted by atomic mass is 16.5. The van der Waals surface area contributed by atoms with Gasteiger partial charge in [-0.15, -0.1) is 0 Å². The summed E-state index contributed by atoms with van der Waals surface area (Å²) in [5, 5.41) is 12.2. The van der Waals surface area contributed by atoms with E-state index < -0.39 is 11.5 Å². The number of carboxylic acid groups (broad SMARTS) is 1. The van der Waals surface area contributed by atoms with Gasteiger partial charge in [0.15, 0.2) is 0 Å². The maximum atomic E-state index is 12.7. The molecule has 1 amide bonds. The first-order valence-corrected chi connectivity index (χ1v) is 9.02. The van der Waals surface area contributed by atoms with Crippen molar-refractivity contribution in [1.82, 2.24) is 5.32 Å². The molecule has 0 radical (unpaired) electrons. The molecule has 5 nitrogen and oxygen atoms in total. The molecule has 1 heterocycles. The predicted octanol–water partition coefficient (Wildman–Crippen LogP) is 3.13. The summed E-state index contributed by atoms with van der Waals surface area (Å²) in [4.78, 5) is 23.9. The van der Waals surface area contributed by atoms with Gasteiger partial charge < -0.3 is 15.2 Å². The molecule has 0 unspecified atom stereocenters. The molecule has 1 saturated heterocycles. The van der Waals surface area contributed by atoms with E-state index in [4.69, 9.17) is 4.74 Å². The van der Waals surface area contributed by atoms with Crippen LogP contribution in [0.1, 0.15) is 57.1 Å². The van der Waals surface area contributed by atoms with Gasteiger partial charge in [0, 0.05) is 13.2 Å². The molecule has 0 saturated carbocycles. The number of hydrogen-bond acceptors (Lipinski definition) is 3. The zero-order valence-electron chi connectivity index (χ0n) is 15.4.